The van der Waals surface area contributed by atoms with Crippen LogP contribution in [0.2, 0.25) is 0 Å². The minimum absolute atomic E-state index is 0.417. The second kappa shape index (κ2) is 9.37. The summed E-state index contributed by atoms with van der Waals surface area (Å²) in [5.74, 6) is 2.21. The van der Waals surface area contributed by atoms with Gasteiger partial charge in [-0.15, -0.1) is 0 Å². The van der Waals surface area contributed by atoms with E-state index in [0.29, 0.717) is 24.1 Å². The van der Waals surface area contributed by atoms with Crippen LogP contribution in [0.15, 0.2) is 61.1 Å². The second-order valence-corrected chi connectivity index (χ2v) is 7.55. The van der Waals surface area contributed by atoms with E-state index in [1.54, 1.807) is 12.5 Å². The summed E-state index contributed by atoms with van der Waals surface area (Å²) in [7, 11) is 0. The molecule has 0 unspecified atom stereocenters. The monoisotopic (exact) mass is 388 g/mol. The van der Waals surface area contributed by atoms with Crippen molar-refractivity contribution in [3.05, 3.63) is 66.6 Å². The Morgan fingerprint density at radius 2 is 1.66 bits per heavy atom. The van der Waals surface area contributed by atoms with Gasteiger partial charge in [0.15, 0.2) is 11.6 Å². The fourth-order valence-electron chi connectivity index (χ4n) is 3.88. The Kier molecular flexibility index (Phi) is 6.19. The SMILES string of the molecule is Nc1c(NC2CCCCCC2)ncnc1N(Cc1ccccc1)c1ccccn1. The van der Waals surface area contributed by atoms with Crippen molar-refractivity contribution in [3.63, 3.8) is 0 Å². The minimum atomic E-state index is 0.417. The van der Waals surface area contributed by atoms with Gasteiger partial charge in [0.2, 0.25) is 0 Å². The van der Waals surface area contributed by atoms with Gasteiger partial charge in [0.25, 0.3) is 0 Å². The predicted molar refractivity (Wildman–Crippen MR) is 118 cm³/mol. The van der Waals surface area contributed by atoms with Gasteiger partial charge in [-0.3, -0.25) is 0 Å². The van der Waals surface area contributed by atoms with E-state index in [4.69, 9.17) is 5.73 Å². The Bertz CT molecular complexity index is 892. The van der Waals surface area contributed by atoms with Gasteiger partial charge in [-0.1, -0.05) is 62.1 Å². The summed E-state index contributed by atoms with van der Waals surface area (Å²) in [5, 5.41) is 3.58. The van der Waals surface area contributed by atoms with Gasteiger partial charge in [-0.2, -0.15) is 0 Å². The lowest BCUT2D eigenvalue weighted by molar-refractivity contribution is 0.617. The molecule has 150 valence electrons. The number of nitrogens with two attached hydrogens (primary N) is 1. The summed E-state index contributed by atoms with van der Waals surface area (Å²) in [4.78, 5) is 15.6. The highest BCUT2D eigenvalue weighted by Crippen LogP contribution is 2.33. The molecule has 6 nitrogen and oxygen atoms in total. The highest BCUT2D eigenvalue weighted by atomic mass is 15.3. The number of nitrogen functional groups attached to an aromatic ring is 1. The molecule has 29 heavy (non-hydrogen) atoms. The normalized spacial score (nSPS) is 14.9. The Balaban J connectivity index is 1.65. The van der Waals surface area contributed by atoms with Crippen molar-refractivity contribution < 1.29 is 0 Å². The van der Waals surface area contributed by atoms with Crippen LogP contribution in [0, 0.1) is 0 Å². The fraction of sp³-hybridized carbons (Fsp3) is 0.348. The molecular formula is C23H28N6. The molecule has 0 saturated heterocycles. The van der Waals surface area contributed by atoms with Gasteiger partial charge in [0.1, 0.15) is 17.8 Å². The summed E-state index contributed by atoms with van der Waals surface area (Å²) in [6.45, 7) is 0.627. The van der Waals surface area contributed by atoms with Crippen LogP contribution in [0.4, 0.5) is 23.1 Å². The smallest absolute Gasteiger partial charge is 0.163 e. The van der Waals surface area contributed by atoms with Crippen molar-refractivity contribution >= 4 is 23.1 Å². The Morgan fingerprint density at radius 3 is 2.38 bits per heavy atom. The molecule has 0 atom stereocenters. The Labute approximate surface area is 172 Å². The predicted octanol–water partition coefficient (Wildman–Crippen LogP) is 4.93. The number of hydrogen-bond acceptors (Lipinski definition) is 6. The first-order chi connectivity index (χ1) is 14.3. The third-order valence-corrected chi connectivity index (χ3v) is 5.42. The van der Waals surface area contributed by atoms with Crippen molar-refractivity contribution in [3.8, 4) is 0 Å². The molecule has 1 aromatic carbocycles. The fourth-order valence-corrected chi connectivity index (χ4v) is 3.88. The third-order valence-electron chi connectivity index (χ3n) is 5.42. The molecule has 2 heterocycles. The molecule has 4 rings (SSSR count). The molecule has 6 heteroatoms. The minimum Gasteiger partial charge on any atom is -0.393 e. The van der Waals surface area contributed by atoms with Crippen molar-refractivity contribution in [2.24, 2.45) is 0 Å². The summed E-state index contributed by atoms with van der Waals surface area (Å²) in [6.07, 6.45) is 10.8. The highest BCUT2D eigenvalue weighted by Gasteiger charge is 2.20. The maximum atomic E-state index is 6.57. The van der Waals surface area contributed by atoms with Gasteiger partial charge in [-0.25, -0.2) is 15.0 Å². The van der Waals surface area contributed by atoms with E-state index < -0.39 is 0 Å². The molecule has 1 fully saturated rings. The molecule has 0 radical (unpaired) electrons. The first-order valence-electron chi connectivity index (χ1n) is 10.4. The number of aromatic nitrogens is 3. The molecule has 1 saturated carbocycles. The van der Waals surface area contributed by atoms with E-state index in [2.05, 4.69) is 32.4 Å². The lowest BCUT2D eigenvalue weighted by Crippen LogP contribution is -2.23. The van der Waals surface area contributed by atoms with Crippen LogP contribution in [0.1, 0.15) is 44.1 Å². The zero-order valence-corrected chi connectivity index (χ0v) is 16.7. The lowest BCUT2D eigenvalue weighted by atomic mass is 10.1. The number of anilines is 4. The summed E-state index contributed by atoms with van der Waals surface area (Å²) >= 11 is 0. The van der Waals surface area contributed by atoms with Gasteiger partial charge >= 0.3 is 0 Å². The van der Waals surface area contributed by atoms with Crippen LogP contribution in [0.5, 0.6) is 0 Å². The first kappa shape index (κ1) is 19.2. The van der Waals surface area contributed by atoms with Crippen molar-refractivity contribution in [1.29, 1.82) is 0 Å². The Hall–Kier alpha value is -3.15. The van der Waals surface area contributed by atoms with Crippen molar-refractivity contribution in [2.45, 2.75) is 51.1 Å². The highest BCUT2D eigenvalue weighted by molar-refractivity contribution is 5.78. The van der Waals surface area contributed by atoms with E-state index >= 15 is 0 Å². The Morgan fingerprint density at radius 1 is 0.897 bits per heavy atom. The molecule has 1 aliphatic carbocycles. The molecule has 3 aromatic rings. The van der Waals surface area contributed by atoms with Crippen LogP contribution in [0.3, 0.4) is 0 Å². The average molecular weight is 389 g/mol. The summed E-state index contributed by atoms with van der Waals surface area (Å²) < 4.78 is 0. The van der Waals surface area contributed by atoms with Gasteiger partial charge in [0, 0.05) is 12.2 Å². The van der Waals surface area contributed by atoms with Crippen molar-refractivity contribution in [1.82, 2.24) is 15.0 Å². The molecule has 1 aliphatic rings. The zero-order chi connectivity index (χ0) is 19.9. The number of nitrogens with zero attached hydrogens (tertiary/aromatic N) is 4. The summed E-state index contributed by atoms with van der Waals surface area (Å²) in [5.41, 5.74) is 8.30. The number of pyridine rings is 1. The van der Waals surface area contributed by atoms with E-state index in [1.165, 1.54) is 25.7 Å². The van der Waals surface area contributed by atoms with Gasteiger partial charge in [-0.05, 0) is 30.5 Å². The maximum absolute atomic E-state index is 6.57. The van der Waals surface area contributed by atoms with Crippen LogP contribution >= 0.6 is 0 Å². The quantitative estimate of drug-likeness (QED) is 0.583. The number of rotatable bonds is 6. The van der Waals surface area contributed by atoms with E-state index in [1.807, 2.05) is 41.3 Å². The lowest BCUT2D eigenvalue weighted by Gasteiger charge is -2.26. The first-order valence-corrected chi connectivity index (χ1v) is 10.4. The van der Waals surface area contributed by atoms with Crippen LogP contribution in [-0.4, -0.2) is 21.0 Å². The molecule has 0 spiro atoms. The van der Waals surface area contributed by atoms with Crippen molar-refractivity contribution in [2.75, 3.05) is 16.0 Å². The largest absolute Gasteiger partial charge is 0.393 e. The topological polar surface area (TPSA) is 80.0 Å². The van der Waals surface area contributed by atoms with E-state index in [9.17, 15) is 0 Å². The van der Waals surface area contributed by atoms with Gasteiger partial charge in [0.05, 0.1) is 6.54 Å². The molecule has 2 aromatic heterocycles. The molecule has 0 bridgehead atoms. The number of benzene rings is 1. The van der Waals surface area contributed by atoms with E-state index in [0.717, 1.165) is 30.0 Å². The van der Waals surface area contributed by atoms with Crippen LogP contribution in [-0.2, 0) is 6.54 Å². The number of hydrogen-bond donors (Lipinski definition) is 2. The average Bonchev–Trinajstić information content (AvgIpc) is 3.04. The third kappa shape index (κ3) is 4.83. The van der Waals surface area contributed by atoms with E-state index in [-0.39, 0.29) is 0 Å². The van der Waals surface area contributed by atoms with Gasteiger partial charge < -0.3 is 16.0 Å². The molecule has 3 N–H and O–H groups in total. The maximum Gasteiger partial charge on any atom is 0.163 e. The number of nitrogens with one attached hydrogen (secondary N) is 1. The summed E-state index contributed by atoms with van der Waals surface area (Å²) in [6, 6.07) is 16.6. The zero-order valence-electron chi connectivity index (χ0n) is 16.7. The molecule has 0 aliphatic heterocycles. The van der Waals surface area contributed by atoms with Crippen LogP contribution < -0.4 is 16.0 Å². The molecule has 0 amide bonds. The van der Waals surface area contributed by atoms with Crippen LogP contribution in [0.25, 0.3) is 0 Å². The standard InChI is InChI=1S/C23H28N6/c24-21-22(28-19-12-6-1-2-7-13-19)26-17-27-23(21)29(20-14-8-9-15-25-20)16-18-10-4-3-5-11-18/h3-5,8-11,14-15,17,19H,1-2,6-7,12-13,16,24H2,(H,26,27,28). The molecular weight excluding hydrogens is 360 g/mol. The second-order valence-electron chi connectivity index (χ2n) is 7.55.